The second-order valence-corrected chi connectivity index (χ2v) is 7.03. The predicted molar refractivity (Wildman–Crippen MR) is 89.1 cm³/mol. The lowest BCUT2D eigenvalue weighted by Crippen LogP contribution is -2.11. The van der Waals surface area contributed by atoms with Gasteiger partial charge < -0.3 is 10.3 Å². The lowest BCUT2D eigenvalue weighted by atomic mass is 9.98. The molecule has 0 saturated carbocycles. The molecule has 0 saturated heterocycles. The quantitative estimate of drug-likeness (QED) is 0.766. The van der Waals surface area contributed by atoms with Gasteiger partial charge in [0, 0.05) is 23.8 Å². The molecular weight excluding hydrogens is 280 g/mol. The van der Waals surface area contributed by atoms with E-state index in [9.17, 15) is 0 Å². The first-order chi connectivity index (χ1) is 10.0. The standard InChI is InChI=1S/C16H20N4S/c1-16(2,3)14-18-11(10-21-14)8-9-17-15-19-12-6-4-5-7-13(12)20-15/h4-7,10H,8-9H2,1-3H3,(H2,17,19,20). The van der Waals surface area contributed by atoms with Crippen LogP contribution in [0.1, 0.15) is 31.5 Å². The average molecular weight is 300 g/mol. The molecule has 3 rings (SSSR count). The molecule has 2 aromatic heterocycles. The number of hydrogen-bond acceptors (Lipinski definition) is 4. The molecule has 0 bridgehead atoms. The molecule has 3 aromatic rings. The van der Waals surface area contributed by atoms with Crippen LogP contribution >= 0.6 is 11.3 Å². The van der Waals surface area contributed by atoms with Crippen molar-refractivity contribution >= 4 is 28.3 Å². The number of hydrogen-bond donors (Lipinski definition) is 2. The maximum Gasteiger partial charge on any atom is 0.201 e. The first-order valence-corrected chi connectivity index (χ1v) is 8.04. The number of fused-ring (bicyclic) bond motifs is 1. The van der Waals surface area contributed by atoms with Gasteiger partial charge in [-0.3, -0.25) is 0 Å². The summed E-state index contributed by atoms with van der Waals surface area (Å²) in [7, 11) is 0. The second kappa shape index (κ2) is 5.48. The van der Waals surface area contributed by atoms with Crippen LogP contribution in [0, 0.1) is 0 Å². The van der Waals surface area contributed by atoms with Crippen LogP contribution in [0.15, 0.2) is 29.6 Å². The Bertz CT molecular complexity index is 703. The highest BCUT2D eigenvalue weighted by molar-refractivity contribution is 7.09. The maximum absolute atomic E-state index is 4.70. The van der Waals surface area contributed by atoms with Gasteiger partial charge in [-0.25, -0.2) is 9.97 Å². The van der Waals surface area contributed by atoms with Gasteiger partial charge in [0.1, 0.15) is 0 Å². The molecule has 4 nitrogen and oxygen atoms in total. The smallest absolute Gasteiger partial charge is 0.201 e. The van der Waals surface area contributed by atoms with E-state index in [0.29, 0.717) is 0 Å². The topological polar surface area (TPSA) is 53.6 Å². The number of aromatic amines is 1. The SMILES string of the molecule is CC(C)(C)c1nc(CCNc2nc3ccccc3[nH]2)cs1. The van der Waals surface area contributed by atoms with E-state index in [1.807, 2.05) is 24.3 Å². The molecule has 0 spiro atoms. The Kier molecular flexibility index (Phi) is 3.68. The number of imidazole rings is 1. The fourth-order valence-corrected chi connectivity index (χ4v) is 3.05. The number of thiazole rings is 1. The molecule has 0 aliphatic rings. The lowest BCUT2D eigenvalue weighted by molar-refractivity contribution is 0.583. The summed E-state index contributed by atoms with van der Waals surface area (Å²) in [6, 6.07) is 8.04. The van der Waals surface area contributed by atoms with Crippen LogP contribution in [0.2, 0.25) is 0 Å². The fraction of sp³-hybridized carbons (Fsp3) is 0.375. The molecule has 2 heterocycles. The largest absolute Gasteiger partial charge is 0.355 e. The minimum Gasteiger partial charge on any atom is -0.355 e. The molecular formula is C16H20N4S. The lowest BCUT2D eigenvalue weighted by Gasteiger charge is -2.13. The van der Waals surface area contributed by atoms with Crippen LogP contribution in [0.3, 0.4) is 0 Å². The molecule has 2 N–H and O–H groups in total. The highest BCUT2D eigenvalue weighted by Crippen LogP contribution is 2.25. The molecule has 0 atom stereocenters. The van der Waals surface area contributed by atoms with Crippen molar-refractivity contribution in [1.82, 2.24) is 15.0 Å². The van der Waals surface area contributed by atoms with Gasteiger partial charge in [0.25, 0.3) is 0 Å². The number of para-hydroxylation sites is 2. The van der Waals surface area contributed by atoms with Crippen molar-refractivity contribution in [3.63, 3.8) is 0 Å². The van der Waals surface area contributed by atoms with Gasteiger partial charge >= 0.3 is 0 Å². The normalized spacial score (nSPS) is 12.0. The minimum atomic E-state index is 0.134. The summed E-state index contributed by atoms with van der Waals surface area (Å²) in [6.45, 7) is 7.42. The third kappa shape index (κ3) is 3.24. The highest BCUT2D eigenvalue weighted by atomic mass is 32.1. The van der Waals surface area contributed by atoms with Crippen molar-refractivity contribution in [3.8, 4) is 0 Å². The van der Waals surface area contributed by atoms with Crippen LogP contribution in [0.4, 0.5) is 5.95 Å². The summed E-state index contributed by atoms with van der Waals surface area (Å²) in [5, 5.41) is 6.68. The van der Waals surface area contributed by atoms with Gasteiger partial charge in [0.05, 0.1) is 21.7 Å². The van der Waals surface area contributed by atoms with Gasteiger partial charge in [-0.15, -0.1) is 11.3 Å². The van der Waals surface area contributed by atoms with Crippen LogP contribution in [0.25, 0.3) is 11.0 Å². The van der Waals surface area contributed by atoms with Crippen molar-refractivity contribution in [2.75, 3.05) is 11.9 Å². The molecule has 0 radical (unpaired) electrons. The van der Waals surface area contributed by atoms with E-state index in [1.165, 1.54) is 5.01 Å². The third-order valence-corrected chi connectivity index (χ3v) is 4.57. The number of H-pyrrole nitrogens is 1. The van der Waals surface area contributed by atoms with Crippen LogP contribution in [-0.2, 0) is 11.8 Å². The number of aromatic nitrogens is 3. The van der Waals surface area contributed by atoms with Crippen molar-refractivity contribution < 1.29 is 0 Å². The summed E-state index contributed by atoms with van der Waals surface area (Å²) < 4.78 is 0. The summed E-state index contributed by atoms with van der Waals surface area (Å²) in [5.41, 5.74) is 3.33. The number of nitrogens with one attached hydrogen (secondary N) is 2. The van der Waals surface area contributed by atoms with E-state index >= 15 is 0 Å². The van der Waals surface area contributed by atoms with Crippen LogP contribution < -0.4 is 5.32 Å². The zero-order valence-corrected chi connectivity index (χ0v) is 13.4. The number of benzene rings is 1. The van der Waals surface area contributed by atoms with Gasteiger partial charge in [-0.1, -0.05) is 32.9 Å². The Morgan fingerprint density at radius 2 is 2.00 bits per heavy atom. The van der Waals surface area contributed by atoms with E-state index in [0.717, 1.165) is 35.6 Å². The van der Waals surface area contributed by atoms with Crippen molar-refractivity contribution in [1.29, 1.82) is 0 Å². The van der Waals surface area contributed by atoms with Crippen molar-refractivity contribution in [2.24, 2.45) is 0 Å². The number of anilines is 1. The predicted octanol–water partition coefficient (Wildman–Crippen LogP) is 3.97. The number of nitrogens with zero attached hydrogens (tertiary/aromatic N) is 2. The second-order valence-electron chi connectivity index (χ2n) is 6.17. The highest BCUT2D eigenvalue weighted by Gasteiger charge is 2.17. The molecule has 1 aromatic carbocycles. The Morgan fingerprint density at radius 1 is 1.19 bits per heavy atom. The van der Waals surface area contributed by atoms with Crippen molar-refractivity contribution in [2.45, 2.75) is 32.6 Å². The Balaban J connectivity index is 1.59. The van der Waals surface area contributed by atoms with E-state index < -0.39 is 0 Å². The molecule has 110 valence electrons. The van der Waals surface area contributed by atoms with Gasteiger partial charge in [-0.2, -0.15) is 0 Å². The zero-order chi connectivity index (χ0) is 14.9. The summed E-state index contributed by atoms with van der Waals surface area (Å²) in [5.74, 6) is 0.822. The molecule has 21 heavy (non-hydrogen) atoms. The summed E-state index contributed by atoms with van der Waals surface area (Å²) in [6.07, 6.45) is 0.906. The van der Waals surface area contributed by atoms with E-state index in [-0.39, 0.29) is 5.41 Å². The summed E-state index contributed by atoms with van der Waals surface area (Å²) >= 11 is 1.74. The fourth-order valence-electron chi connectivity index (χ4n) is 2.11. The Morgan fingerprint density at radius 3 is 2.71 bits per heavy atom. The van der Waals surface area contributed by atoms with Gasteiger partial charge in [0.2, 0.25) is 5.95 Å². The van der Waals surface area contributed by atoms with E-state index in [4.69, 9.17) is 4.98 Å². The molecule has 5 heteroatoms. The Labute approximate surface area is 128 Å². The monoisotopic (exact) mass is 300 g/mol. The third-order valence-electron chi connectivity index (χ3n) is 3.26. The number of rotatable bonds is 4. The molecule has 0 aliphatic carbocycles. The summed E-state index contributed by atoms with van der Waals surface area (Å²) in [4.78, 5) is 12.5. The first-order valence-electron chi connectivity index (χ1n) is 7.16. The van der Waals surface area contributed by atoms with Crippen LogP contribution in [-0.4, -0.2) is 21.5 Å². The zero-order valence-electron chi connectivity index (χ0n) is 12.6. The van der Waals surface area contributed by atoms with Gasteiger partial charge in [0.15, 0.2) is 0 Å². The van der Waals surface area contributed by atoms with E-state index in [1.54, 1.807) is 11.3 Å². The minimum absolute atomic E-state index is 0.134. The molecule has 0 fully saturated rings. The van der Waals surface area contributed by atoms with E-state index in [2.05, 4.69) is 41.4 Å². The molecule has 0 unspecified atom stereocenters. The van der Waals surface area contributed by atoms with Crippen molar-refractivity contribution in [3.05, 3.63) is 40.3 Å². The molecule has 0 aliphatic heterocycles. The average Bonchev–Trinajstić information content (AvgIpc) is 3.03. The van der Waals surface area contributed by atoms with Crippen LogP contribution in [0.5, 0.6) is 0 Å². The maximum atomic E-state index is 4.70. The Hall–Kier alpha value is -1.88. The molecule has 0 amide bonds. The first kappa shape index (κ1) is 14.1. The van der Waals surface area contributed by atoms with Gasteiger partial charge in [-0.05, 0) is 12.1 Å².